The summed E-state index contributed by atoms with van der Waals surface area (Å²) in [7, 11) is 3.75. The zero-order valence-electron chi connectivity index (χ0n) is 10.4. The Bertz CT molecular complexity index is 391. The number of anilines is 2. The van der Waals surface area contributed by atoms with Crippen LogP contribution in [0.4, 0.5) is 11.9 Å². The Labute approximate surface area is 107 Å². The third-order valence-corrected chi connectivity index (χ3v) is 3.17. The van der Waals surface area contributed by atoms with Gasteiger partial charge in [-0.3, -0.25) is 0 Å². The second-order valence-electron chi connectivity index (χ2n) is 4.82. The van der Waals surface area contributed by atoms with Crippen LogP contribution < -0.4 is 10.2 Å². The fourth-order valence-electron chi connectivity index (χ4n) is 1.70. The minimum absolute atomic E-state index is 0.227. The van der Waals surface area contributed by atoms with E-state index in [1.54, 1.807) is 0 Å². The van der Waals surface area contributed by atoms with Crippen molar-refractivity contribution in [3.63, 3.8) is 0 Å². The van der Waals surface area contributed by atoms with Gasteiger partial charge in [0, 0.05) is 20.6 Å². The van der Waals surface area contributed by atoms with Crippen LogP contribution in [0, 0.1) is 11.8 Å². The van der Waals surface area contributed by atoms with E-state index in [2.05, 4.69) is 27.2 Å². The molecule has 94 valence electrons. The first-order chi connectivity index (χ1) is 8.06. The molecule has 0 spiro atoms. The van der Waals surface area contributed by atoms with Gasteiger partial charge in [-0.1, -0.05) is 6.92 Å². The van der Waals surface area contributed by atoms with E-state index in [1.807, 2.05) is 19.0 Å². The molecule has 1 saturated carbocycles. The largest absolute Gasteiger partial charge is 0.354 e. The molecule has 1 unspecified atom stereocenters. The average Bonchev–Trinajstić information content (AvgIpc) is 3.08. The molecule has 1 aromatic rings. The lowest BCUT2D eigenvalue weighted by Crippen LogP contribution is -2.18. The molecular formula is C11H18ClN5. The second-order valence-corrected chi connectivity index (χ2v) is 5.16. The van der Waals surface area contributed by atoms with Crippen molar-refractivity contribution in [3.05, 3.63) is 5.28 Å². The first kappa shape index (κ1) is 12.4. The van der Waals surface area contributed by atoms with Crippen LogP contribution >= 0.6 is 11.6 Å². The number of hydrogen-bond donors (Lipinski definition) is 1. The van der Waals surface area contributed by atoms with Gasteiger partial charge in [0.15, 0.2) is 0 Å². The maximum Gasteiger partial charge on any atom is 0.230 e. The van der Waals surface area contributed by atoms with Crippen molar-refractivity contribution in [1.82, 2.24) is 15.0 Å². The number of aromatic nitrogens is 3. The maximum absolute atomic E-state index is 5.86. The molecule has 1 heterocycles. The third-order valence-electron chi connectivity index (χ3n) is 3.01. The van der Waals surface area contributed by atoms with E-state index in [1.165, 1.54) is 12.8 Å². The standard InChI is InChI=1S/C11H18ClN5/c1-7(8-4-5-8)6-13-10-14-9(12)15-11(16-10)17(2)3/h7-8H,4-6H2,1-3H3,(H,13,14,15,16). The number of halogens is 1. The van der Waals surface area contributed by atoms with Crippen molar-refractivity contribution >= 4 is 23.5 Å². The molecule has 0 radical (unpaired) electrons. The molecule has 1 aromatic heterocycles. The third kappa shape index (κ3) is 3.43. The maximum atomic E-state index is 5.86. The fourth-order valence-corrected chi connectivity index (χ4v) is 1.86. The number of rotatable bonds is 5. The number of hydrogen-bond acceptors (Lipinski definition) is 5. The Morgan fingerprint density at radius 3 is 2.65 bits per heavy atom. The zero-order valence-corrected chi connectivity index (χ0v) is 11.2. The molecule has 1 aliphatic carbocycles. The zero-order chi connectivity index (χ0) is 12.4. The summed E-state index contributed by atoms with van der Waals surface area (Å²) in [6.07, 6.45) is 2.70. The molecule has 2 rings (SSSR count). The molecular weight excluding hydrogens is 238 g/mol. The highest BCUT2D eigenvalue weighted by atomic mass is 35.5. The second kappa shape index (κ2) is 5.04. The highest BCUT2D eigenvalue weighted by Crippen LogP contribution is 2.36. The van der Waals surface area contributed by atoms with Gasteiger partial charge in [-0.25, -0.2) is 0 Å². The lowest BCUT2D eigenvalue weighted by atomic mass is 10.1. The Balaban J connectivity index is 1.99. The van der Waals surface area contributed by atoms with Gasteiger partial charge in [0.05, 0.1) is 0 Å². The molecule has 6 heteroatoms. The molecule has 1 aliphatic rings. The van der Waals surface area contributed by atoms with E-state index in [9.17, 15) is 0 Å². The van der Waals surface area contributed by atoms with E-state index in [0.29, 0.717) is 17.8 Å². The Hall–Kier alpha value is -1.10. The van der Waals surface area contributed by atoms with Crippen molar-refractivity contribution in [3.8, 4) is 0 Å². The van der Waals surface area contributed by atoms with Crippen molar-refractivity contribution in [2.45, 2.75) is 19.8 Å². The number of nitrogens with one attached hydrogen (secondary N) is 1. The highest BCUT2D eigenvalue weighted by molar-refractivity contribution is 6.28. The minimum Gasteiger partial charge on any atom is -0.354 e. The molecule has 0 saturated heterocycles. The van der Waals surface area contributed by atoms with Crippen molar-refractivity contribution < 1.29 is 0 Å². The van der Waals surface area contributed by atoms with Gasteiger partial charge in [-0.2, -0.15) is 15.0 Å². The predicted molar refractivity (Wildman–Crippen MR) is 69.5 cm³/mol. The molecule has 0 aliphatic heterocycles. The average molecular weight is 256 g/mol. The van der Waals surface area contributed by atoms with Crippen LogP contribution in [0.5, 0.6) is 0 Å². The van der Waals surface area contributed by atoms with E-state index in [-0.39, 0.29) is 5.28 Å². The number of nitrogens with zero attached hydrogens (tertiary/aromatic N) is 4. The normalized spacial score (nSPS) is 16.7. The first-order valence-electron chi connectivity index (χ1n) is 5.89. The summed E-state index contributed by atoms with van der Waals surface area (Å²) >= 11 is 5.86. The van der Waals surface area contributed by atoms with Gasteiger partial charge in [-0.15, -0.1) is 0 Å². The molecule has 1 fully saturated rings. The van der Waals surface area contributed by atoms with Gasteiger partial charge in [0.2, 0.25) is 17.2 Å². The van der Waals surface area contributed by atoms with Crippen LogP contribution in [-0.2, 0) is 0 Å². The van der Waals surface area contributed by atoms with Gasteiger partial charge in [0.25, 0.3) is 0 Å². The molecule has 0 amide bonds. The molecule has 0 aromatic carbocycles. The van der Waals surface area contributed by atoms with Crippen LogP contribution in [0.3, 0.4) is 0 Å². The minimum atomic E-state index is 0.227. The van der Waals surface area contributed by atoms with Gasteiger partial charge in [0.1, 0.15) is 0 Å². The molecule has 1 N–H and O–H groups in total. The lowest BCUT2D eigenvalue weighted by Gasteiger charge is -2.14. The predicted octanol–water partition coefficient (Wildman–Crippen LogP) is 2.05. The quantitative estimate of drug-likeness (QED) is 0.873. The van der Waals surface area contributed by atoms with Crippen LogP contribution in [0.15, 0.2) is 0 Å². The smallest absolute Gasteiger partial charge is 0.230 e. The van der Waals surface area contributed by atoms with E-state index >= 15 is 0 Å². The summed E-state index contributed by atoms with van der Waals surface area (Å²) < 4.78 is 0. The summed E-state index contributed by atoms with van der Waals surface area (Å²) in [6.45, 7) is 3.14. The van der Waals surface area contributed by atoms with E-state index in [4.69, 9.17) is 11.6 Å². The summed E-state index contributed by atoms with van der Waals surface area (Å²) in [5, 5.41) is 3.46. The van der Waals surface area contributed by atoms with Crippen LogP contribution in [-0.4, -0.2) is 35.6 Å². The topological polar surface area (TPSA) is 53.9 Å². The van der Waals surface area contributed by atoms with Crippen LogP contribution in [0.25, 0.3) is 0 Å². The van der Waals surface area contributed by atoms with Crippen LogP contribution in [0.2, 0.25) is 5.28 Å². The highest BCUT2D eigenvalue weighted by Gasteiger charge is 2.27. The van der Waals surface area contributed by atoms with E-state index in [0.717, 1.165) is 12.5 Å². The SMILES string of the molecule is CC(CNc1nc(Cl)nc(N(C)C)n1)C1CC1. The van der Waals surface area contributed by atoms with Crippen molar-refractivity contribution in [2.24, 2.45) is 11.8 Å². The van der Waals surface area contributed by atoms with Crippen LogP contribution in [0.1, 0.15) is 19.8 Å². The Kier molecular flexibility index (Phi) is 3.66. The fraction of sp³-hybridized carbons (Fsp3) is 0.727. The first-order valence-corrected chi connectivity index (χ1v) is 6.27. The summed E-state index contributed by atoms with van der Waals surface area (Å²) in [4.78, 5) is 14.2. The van der Waals surface area contributed by atoms with Gasteiger partial charge < -0.3 is 10.2 Å². The monoisotopic (exact) mass is 255 g/mol. The molecule has 1 atom stereocenters. The summed E-state index contributed by atoms with van der Waals surface area (Å²) in [6, 6.07) is 0. The van der Waals surface area contributed by atoms with Crippen molar-refractivity contribution in [2.75, 3.05) is 30.9 Å². The van der Waals surface area contributed by atoms with Crippen molar-refractivity contribution in [1.29, 1.82) is 0 Å². The molecule has 17 heavy (non-hydrogen) atoms. The summed E-state index contributed by atoms with van der Waals surface area (Å²) in [5.74, 6) is 2.66. The lowest BCUT2D eigenvalue weighted by molar-refractivity contribution is 0.535. The van der Waals surface area contributed by atoms with E-state index < -0.39 is 0 Å². The molecule has 5 nitrogen and oxygen atoms in total. The molecule has 0 bridgehead atoms. The van der Waals surface area contributed by atoms with Gasteiger partial charge >= 0.3 is 0 Å². The van der Waals surface area contributed by atoms with Gasteiger partial charge in [-0.05, 0) is 36.3 Å². The summed E-state index contributed by atoms with van der Waals surface area (Å²) in [5.41, 5.74) is 0. The Morgan fingerprint density at radius 2 is 2.06 bits per heavy atom. The Morgan fingerprint density at radius 1 is 1.35 bits per heavy atom.